The third kappa shape index (κ3) is 3.90. The number of carbonyl (C=O) groups excluding carboxylic acids is 2. The fourth-order valence-electron chi connectivity index (χ4n) is 1.20. The van der Waals surface area contributed by atoms with E-state index < -0.39 is 12.1 Å². The zero-order valence-corrected chi connectivity index (χ0v) is 10.2. The third-order valence-electron chi connectivity index (χ3n) is 2.23. The molecule has 0 saturated heterocycles. The minimum absolute atomic E-state index is 0.0634. The van der Waals surface area contributed by atoms with Gasteiger partial charge in [-0.25, -0.2) is 4.79 Å². The van der Waals surface area contributed by atoms with Gasteiger partial charge in [0.25, 0.3) is 0 Å². The van der Waals surface area contributed by atoms with E-state index in [1.807, 2.05) is 0 Å². The van der Waals surface area contributed by atoms with Gasteiger partial charge in [0.15, 0.2) is 11.9 Å². The van der Waals surface area contributed by atoms with Crippen LogP contribution in [0.2, 0.25) is 0 Å². The van der Waals surface area contributed by atoms with Gasteiger partial charge in [0.1, 0.15) is 5.75 Å². The Hall–Kier alpha value is -1.84. The first kappa shape index (κ1) is 13.2. The maximum Gasteiger partial charge on any atom is 0.338 e. The van der Waals surface area contributed by atoms with Crippen LogP contribution in [0.4, 0.5) is 0 Å². The predicted octanol–water partition coefficient (Wildman–Crippen LogP) is 2.22. The highest BCUT2D eigenvalue weighted by Gasteiger charge is 2.11. The highest BCUT2D eigenvalue weighted by Crippen LogP contribution is 2.16. The molecule has 17 heavy (non-hydrogen) atoms. The second-order valence-corrected chi connectivity index (χ2v) is 3.62. The molecule has 0 saturated carbocycles. The third-order valence-corrected chi connectivity index (χ3v) is 2.23. The summed E-state index contributed by atoms with van der Waals surface area (Å²) in [4.78, 5) is 22.5. The number of ketones is 1. The summed E-state index contributed by atoms with van der Waals surface area (Å²) in [7, 11) is 0. The summed E-state index contributed by atoms with van der Waals surface area (Å²) in [6, 6.07) is 6.59. The van der Waals surface area contributed by atoms with Crippen LogP contribution in [0.3, 0.4) is 0 Å². The number of hydrogen-bond acceptors (Lipinski definition) is 4. The average molecular weight is 236 g/mol. The summed E-state index contributed by atoms with van der Waals surface area (Å²) in [5.41, 5.74) is 0.417. The fourth-order valence-corrected chi connectivity index (χ4v) is 1.20. The normalized spacial score (nSPS) is 11.7. The molecular formula is C13H16O4. The van der Waals surface area contributed by atoms with Crippen molar-refractivity contribution in [1.82, 2.24) is 0 Å². The Kier molecular flexibility index (Phi) is 4.69. The molecule has 1 atom stereocenters. The van der Waals surface area contributed by atoms with Crippen LogP contribution < -0.4 is 4.74 Å². The average Bonchev–Trinajstić information content (AvgIpc) is 2.29. The van der Waals surface area contributed by atoms with Gasteiger partial charge in [-0.3, -0.25) is 4.79 Å². The fraction of sp³-hybridized carbons (Fsp3) is 0.385. The standard InChI is InChI=1S/C13H16O4/c1-4-16-13(15)11-6-5-7-12(8-11)17-10(3)9(2)14/h5-8,10H,4H2,1-3H3. The molecule has 0 aromatic heterocycles. The van der Waals surface area contributed by atoms with E-state index in [-0.39, 0.29) is 5.78 Å². The lowest BCUT2D eigenvalue weighted by molar-refractivity contribution is -0.122. The Balaban J connectivity index is 2.79. The Morgan fingerprint density at radius 3 is 2.65 bits per heavy atom. The second-order valence-electron chi connectivity index (χ2n) is 3.62. The molecule has 1 rings (SSSR count). The van der Waals surface area contributed by atoms with Crippen LogP contribution in [-0.4, -0.2) is 24.5 Å². The van der Waals surface area contributed by atoms with Gasteiger partial charge in [-0.15, -0.1) is 0 Å². The van der Waals surface area contributed by atoms with Crippen molar-refractivity contribution >= 4 is 11.8 Å². The maximum absolute atomic E-state index is 11.5. The van der Waals surface area contributed by atoms with Gasteiger partial charge in [-0.1, -0.05) is 6.07 Å². The molecule has 0 bridgehead atoms. The van der Waals surface area contributed by atoms with Crippen molar-refractivity contribution in [1.29, 1.82) is 0 Å². The van der Waals surface area contributed by atoms with Crippen LogP contribution in [0.1, 0.15) is 31.1 Å². The first-order valence-corrected chi connectivity index (χ1v) is 5.49. The van der Waals surface area contributed by atoms with Crippen LogP contribution in [0.15, 0.2) is 24.3 Å². The van der Waals surface area contributed by atoms with Crippen molar-refractivity contribution in [2.75, 3.05) is 6.61 Å². The highest BCUT2D eigenvalue weighted by molar-refractivity contribution is 5.89. The van der Waals surface area contributed by atoms with E-state index in [4.69, 9.17) is 9.47 Å². The number of esters is 1. The zero-order valence-electron chi connectivity index (χ0n) is 10.2. The van der Waals surface area contributed by atoms with Crippen LogP contribution >= 0.6 is 0 Å². The molecule has 4 nitrogen and oxygen atoms in total. The van der Waals surface area contributed by atoms with E-state index in [9.17, 15) is 9.59 Å². The minimum Gasteiger partial charge on any atom is -0.483 e. The molecule has 92 valence electrons. The van der Waals surface area contributed by atoms with E-state index in [1.165, 1.54) is 6.92 Å². The summed E-state index contributed by atoms with van der Waals surface area (Å²) in [6.45, 7) is 5.20. The van der Waals surface area contributed by atoms with Crippen LogP contribution in [-0.2, 0) is 9.53 Å². The van der Waals surface area contributed by atoms with E-state index >= 15 is 0 Å². The number of benzene rings is 1. The number of Topliss-reactive ketones (excluding diaryl/α,β-unsaturated/α-hetero) is 1. The quantitative estimate of drug-likeness (QED) is 0.735. The van der Waals surface area contributed by atoms with Crippen LogP contribution in [0, 0.1) is 0 Å². The first-order chi connectivity index (χ1) is 8.04. The van der Waals surface area contributed by atoms with Gasteiger partial charge >= 0.3 is 5.97 Å². The molecule has 0 aliphatic heterocycles. The lowest BCUT2D eigenvalue weighted by Gasteiger charge is -2.12. The molecule has 0 heterocycles. The van der Waals surface area contributed by atoms with Gasteiger partial charge < -0.3 is 9.47 Å². The number of rotatable bonds is 5. The molecule has 0 radical (unpaired) electrons. The van der Waals surface area contributed by atoms with Gasteiger partial charge in [-0.2, -0.15) is 0 Å². The van der Waals surface area contributed by atoms with Crippen molar-refractivity contribution in [3.05, 3.63) is 29.8 Å². The van der Waals surface area contributed by atoms with Crippen LogP contribution in [0.5, 0.6) is 5.75 Å². The maximum atomic E-state index is 11.5. The Bertz CT molecular complexity index is 412. The summed E-state index contributed by atoms with van der Waals surface area (Å²) in [5.74, 6) is 0.0261. The van der Waals surface area contributed by atoms with Crippen molar-refractivity contribution in [3.63, 3.8) is 0 Å². The topological polar surface area (TPSA) is 52.6 Å². The Labute approximate surface area is 101 Å². The molecule has 4 heteroatoms. The van der Waals surface area contributed by atoms with Gasteiger partial charge in [0.05, 0.1) is 12.2 Å². The highest BCUT2D eigenvalue weighted by atomic mass is 16.5. The van der Waals surface area contributed by atoms with Crippen molar-refractivity contribution < 1.29 is 19.1 Å². The molecule has 1 unspecified atom stereocenters. The number of carbonyl (C=O) groups is 2. The summed E-state index contributed by atoms with van der Waals surface area (Å²) < 4.78 is 10.3. The number of ether oxygens (including phenoxy) is 2. The summed E-state index contributed by atoms with van der Waals surface area (Å²) in [6.07, 6.45) is -0.521. The lowest BCUT2D eigenvalue weighted by Crippen LogP contribution is -2.20. The molecule has 0 fully saturated rings. The second kappa shape index (κ2) is 6.03. The lowest BCUT2D eigenvalue weighted by atomic mass is 10.2. The predicted molar refractivity (Wildman–Crippen MR) is 63.2 cm³/mol. The number of hydrogen-bond donors (Lipinski definition) is 0. The SMILES string of the molecule is CCOC(=O)c1cccc(OC(C)C(C)=O)c1. The van der Waals surface area contributed by atoms with Gasteiger partial charge in [0, 0.05) is 0 Å². The first-order valence-electron chi connectivity index (χ1n) is 5.49. The van der Waals surface area contributed by atoms with Crippen molar-refractivity contribution in [2.24, 2.45) is 0 Å². The summed E-state index contributed by atoms with van der Waals surface area (Å²) in [5, 5.41) is 0. The largest absolute Gasteiger partial charge is 0.483 e. The molecule has 0 aliphatic carbocycles. The van der Waals surface area contributed by atoms with E-state index in [1.54, 1.807) is 38.1 Å². The smallest absolute Gasteiger partial charge is 0.338 e. The zero-order chi connectivity index (χ0) is 12.8. The molecule has 0 amide bonds. The minimum atomic E-state index is -0.521. The van der Waals surface area contributed by atoms with E-state index in [2.05, 4.69) is 0 Å². The van der Waals surface area contributed by atoms with E-state index in [0.717, 1.165) is 0 Å². The molecular weight excluding hydrogens is 220 g/mol. The van der Waals surface area contributed by atoms with Gasteiger partial charge in [0.2, 0.25) is 0 Å². The van der Waals surface area contributed by atoms with Gasteiger partial charge in [-0.05, 0) is 39.0 Å². The summed E-state index contributed by atoms with van der Waals surface area (Å²) >= 11 is 0. The van der Waals surface area contributed by atoms with Crippen molar-refractivity contribution in [3.8, 4) is 5.75 Å². The van der Waals surface area contributed by atoms with Crippen molar-refractivity contribution in [2.45, 2.75) is 26.9 Å². The monoisotopic (exact) mass is 236 g/mol. The molecule has 0 N–H and O–H groups in total. The molecule has 0 spiro atoms. The molecule has 0 aliphatic rings. The Morgan fingerprint density at radius 1 is 1.35 bits per heavy atom. The Morgan fingerprint density at radius 2 is 2.06 bits per heavy atom. The molecule has 1 aromatic carbocycles. The van der Waals surface area contributed by atoms with Crippen LogP contribution in [0.25, 0.3) is 0 Å². The van der Waals surface area contributed by atoms with E-state index in [0.29, 0.717) is 17.9 Å². The molecule has 1 aromatic rings.